The van der Waals surface area contributed by atoms with Crippen molar-refractivity contribution < 1.29 is 9.18 Å². The summed E-state index contributed by atoms with van der Waals surface area (Å²) in [6.07, 6.45) is 0.351. The van der Waals surface area contributed by atoms with Gasteiger partial charge in [0.2, 0.25) is 0 Å². The lowest BCUT2D eigenvalue weighted by Crippen LogP contribution is -1.95. The van der Waals surface area contributed by atoms with Crippen LogP contribution in [-0.4, -0.2) is 11.3 Å². The highest BCUT2D eigenvalue weighted by molar-refractivity contribution is 6.39. The lowest BCUT2D eigenvalue weighted by Gasteiger charge is -2.06. The first kappa shape index (κ1) is 12.0. The van der Waals surface area contributed by atoms with Crippen molar-refractivity contribution in [2.45, 2.75) is 0 Å². The number of aldehydes is 1. The SMILES string of the molecule is O=Cc1nc(-c2c(Cl)cccc2Cl)ccc1F. The summed E-state index contributed by atoms with van der Waals surface area (Å²) in [5.74, 6) is -0.674. The van der Waals surface area contributed by atoms with E-state index in [4.69, 9.17) is 23.2 Å². The zero-order valence-corrected chi connectivity index (χ0v) is 9.97. The normalized spacial score (nSPS) is 10.3. The van der Waals surface area contributed by atoms with Gasteiger partial charge in [-0.2, -0.15) is 0 Å². The van der Waals surface area contributed by atoms with Crippen LogP contribution < -0.4 is 0 Å². The number of hydrogen-bond donors (Lipinski definition) is 0. The molecule has 0 N–H and O–H groups in total. The van der Waals surface area contributed by atoms with E-state index in [9.17, 15) is 9.18 Å². The van der Waals surface area contributed by atoms with Crippen LogP contribution >= 0.6 is 23.2 Å². The summed E-state index contributed by atoms with van der Waals surface area (Å²) in [6.45, 7) is 0. The molecule has 0 saturated carbocycles. The summed E-state index contributed by atoms with van der Waals surface area (Å²) in [4.78, 5) is 14.5. The first-order valence-corrected chi connectivity index (χ1v) is 5.45. The highest BCUT2D eigenvalue weighted by atomic mass is 35.5. The van der Waals surface area contributed by atoms with Crippen LogP contribution in [0.15, 0.2) is 30.3 Å². The molecule has 1 aromatic carbocycles. The molecule has 86 valence electrons. The lowest BCUT2D eigenvalue weighted by molar-refractivity contribution is 0.111. The molecule has 0 fully saturated rings. The van der Waals surface area contributed by atoms with Crippen LogP contribution in [0.25, 0.3) is 11.3 Å². The molecule has 1 heterocycles. The van der Waals surface area contributed by atoms with Gasteiger partial charge in [0.25, 0.3) is 0 Å². The maximum Gasteiger partial charge on any atom is 0.171 e. The molecule has 5 heteroatoms. The number of benzene rings is 1. The Morgan fingerprint density at radius 3 is 2.35 bits per heavy atom. The lowest BCUT2D eigenvalue weighted by atomic mass is 10.1. The van der Waals surface area contributed by atoms with Gasteiger partial charge in [-0.1, -0.05) is 29.3 Å². The highest BCUT2D eigenvalue weighted by Crippen LogP contribution is 2.33. The minimum Gasteiger partial charge on any atom is -0.296 e. The van der Waals surface area contributed by atoms with Crippen molar-refractivity contribution in [3.63, 3.8) is 0 Å². The Morgan fingerprint density at radius 2 is 1.76 bits per heavy atom. The van der Waals surface area contributed by atoms with Crippen molar-refractivity contribution in [1.29, 1.82) is 0 Å². The monoisotopic (exact) mass is 269 g/mol. The molecule has 0 aliphatic carbocycles. The maximum absolute atomic E-state index is 13.1. The van der Waals surface area contributed by atoms with Crippen LogP contribution in [0.5, 0.6) is 0 Å². The molecule has 0 atom stereocenters. The minimum atomic E-state index is -0.674. The third-order valence-electron chi connectivity index (χ3n) is 2.20. The van der Waals surface area contributed by atoms with Crippen LogP contribution in [0.4, 0.5) is 4.39 Å². The zero-order chi connectivity index (χ0) is 12.4. The predicted octanol–water partition coefficient (Wildman–Crippen LogP) is 4.01. The quantitative estimate of drug-likeness (QED) is 0.772. The fourth-order valence-corrected chi connectivity index (χ4v) is 2.01. The van der Waals surface area contributed by atoms with Gasteiger partial charge in [-0.3, -0.25) is 4.79 Å². The molecule has 0 amide bonds. The smallest absolute Gasteiger partial charge is 0.171 e. The van der Waals surface area contributed by atoms with Gasteiger partial charge in [-0.25, -0.2) is 9.37 Å². The van der Waals surface area contributed by atoms with E-state index in [-0.39, 0.29) is 5.69 Å². The molecular weight excluding hydrogens is 264 g/mol. The summed E-state index contributed by atoms with van der Waals surface area (Å²) >= 11 is 12.0. The number of halogens is 3. The maximum atomic E-state index is 13.1. The Labute approximate surface area is 107 Å². The largest absolute Gasteiger partial charge is 0.296 e. The van der Waals surface area contributed by atoms with E-state index in [1.807, 2.05) is 0 Å². The van der Waals surface area contributed by atoms with Crippen LogP contribution in [0.3, 0.4) is 0 Å². The van der Waals surface area contributed by atoms with E-state index in [0.717, 1.165) is 6.07 Å². The summed E-state index contributed by atoms with van der Waals surface area (Å²) in [5, 5.41) is 0.793. The molecule has 2 nitrogen and oxygen atoms in total. The molecule has 0 aliphatic heterocycles. The Bertz CT molecular complexity index is 566. The molecule has 17 heavy (non-hydrogen) atoms. The first-order chi connectivity index (χ1) is 8.13. The minimum absolute atomic E-state index is 0.265. The summed E-state index contributed by atoms with van der Waals surface area (Å²) in [6, 6.07) is 7.57. The second-order valence-corrected chi connectivity index (χ2v) is 4.09. The van der Waals surface area contributed by atoms with Gasteiger partial charge in [-0.05, 0) is 24.3 Å². The number of pyridine rings is 1. The number of nitrogens with zero attached hydrogens (tertiary/aromatic N) is 1. The fraction of sp³-hybridized carbons (Fsp3) is 0. The second-order valence-electron chi connectivity index (χ2n) is 3.28. The molecule has 0 radical (unpaired) electrons. The predicted molar refractivity (Wildman–Crippen MR) is 65.0 cm³/mol. The van der Waals surface area contributed by atoms with Crippen LogP contribution in [0.1, 0.15) is 10.5 Å². The van der Waals surface area contributed by atoms with Crippen LogP contribution in [-0.2, 0) is 0 Å². The van der Waals surface area contributed by atoms with E-state index in [1.165, 1.54) is 6.07 Å². The molecule has 2 aromatic rings. The standard InChI is InChI=1S/C12H6Cl2FNO/c13-7-2-1-3-8(14)12(7)10-5-4-9(15)11(6-17)16-10/h1-6H. The van der Waals surface area contributed by atoms with E-state index in [2.05, 4.69) is 4.98 Å². The van der Waals surface area contributed by atoms with Gasteiger partial charge in [0.15, 0.2) is 12.1 Å². The number of carbonyl (C=O) groups excluding carboxylic acids is 1. The van der Waals surface area contributed by atoms with Gasteiger partial charge in [0.1, 0.15) is 5.69 Å². The third-order valence-corrected chi connectivity index (χ3v) is 2.83. The highest BCUT2D eigenvalue weighted by Gasteiger charge is 2.12. The number of aromatic nitrogens is 1. The van der Waals surface area contributed by atoms with Crippen molar-refractivity contribution in [2.75, 3.05) is 0 Å². The summed E-state index contributed by atoms with van der Waals surface area (Å²) in [5.41, 5.74) is 0.585. The fourth-order valence-electron chi connectivity index (χ4n) is 1.42. The molecule has 0 spiro atoms. The Kier molecular flexibility index (Phi) is 3.41. The van der Waals surface area contributed by atoms with E-state index < -0.39 is 5.82 Å². The van der Waals surface area contributed by atoms with Gasteiger partial charge >= 0.3 is 0 Å². The van der Waals surface area contributed by atoms with Gasteiger partial charge in [0.05, 0.1) is 15.7 Å². The first-order valence-electron chi connectivity index (χ1n) is 4.69. The Hall–Kier alpha value is -1.45. The van der Waals surface area contributed by atoms with Crippen molar-refractivity contribution in [3.8, 4) is 11.3 Å². The molecule has 2 rings (SSSR count). The topological polar surface area (TPSA) is 30.0 Å². The number of carbonyl (C=O) groups is 1. The van der Waals surface area contributed by atoms with E-state index in [1.54, 1.807) is 18.2 Å². The molecule has 0 bridgehead atoms. The van der Waals surface area contributed by atoms with Crippen molar-refractivity contribution in [3.05, 3.63) is 51.9 Å². The van der Waals surface area contributed by atoms with Crippen LogP contribution in [0, 0.1) is 5.82 Å². The van der Waals surface area contributed by atoms with Crippen molar-refractivity contribution in [1.82, 2.24) is 4.98 Å². The van der Waals surface area contributed by atoms with E-state index >= 15 is 0 Å². The number of hydrogen-bond acceptors (Lipinski definition) is 2. The molecule has 0 unspecified atom stereocenters. The number of rotatable bonds is 2. The van der Waals surface area contributed by atoms with Gasteiger partial charge in [0, 0.05) is 5.56 Å². The third kappa shape index (κ3) is 2.30. The average Bonchev–Trinajstić information content (AvgIpc) is 2.31. The average molecular weight is 270 g/mol. The summed E-state index contributed by atoms with van der Waals surface area (Å²) < 4.78 is 13.1. The molecule has 0 aliphatic rings. The molecule has 0 saturated heterocycles. The zero-order valence-electron chi connectivity index (χ0n) is 8.45. The van der Waals surface area contributed by atoms with Gasteiger partial charge < -0.3 is 0 Å². The van der Waals surface area contributed by atoms with Crippen molar-refractivity contribution in [2.24, 2.45) is 0 Å². The summed E-state index contributed by atoms with van der Waals surface area (Å²) in [7, 11) is 0. The van der Waals surface area contributed by atoms with E-state index in [0.29, 0.717) is 27.6 Å². The Morgan fingerprint density at radius 1 is 1.12 bits per heavy atom. The second kappa shape index (κ2) is 4.82. The van der Waals surface area contributed by atoms with Gasteiger partial charge in [-0.15, -0.1) is 0 Å². The molecule has 1 aromatic heterocycles. The van der Waals surface area contributed by atoms with Crippen molar-refractivity contribution >= 4 is 29.5 Å². The van der Waals surface area contributed by atoms with Crippen LogP contribution in [0.2, 0.25) is 10.0 Å². The molecular formula is C12H6Cl2FNO. The Balaban J connectivity index is 2.65.